The lowest BCUT2D eigenvalue weighted by Crippen LogP contribution is -2.59. The fraction of sp³-hybridized carbons (Fsp3) is 0.474. The summed E-state index contributed by atoms with van der Waals surface area (Å²) in [5.74, 6) is 0.680. The molecule has 8 heteroatoms. The maximum absolute atomic E-state index is 12.2. The molecule has 0 radical (unpaired) electrons. The number of hydrogen-bond donors (Lipinski definition) is 1. The van der Waals surface area contributed by atoms with Crippen molar-refractivity contribution in [2.24, 2.45) is 7.05 Å². The van der Waals surface area contributed by atoms with E-state index in [1.165, 1.54) is 0 Å². The van der Waals surface area contributed by atoms with E-state index < -0.39 is 0 Å². The molecule has 2 fully saturated rings. The van der Waals surface area contributed by atoms with Crippen molar-refractivity contribution in [2.45, 2.75) is 19.0 Å². The number of rotatable bonds is 4. The number of pyridine rings is 2. The zero-order valence-electron chi connectivity index (χ0n) is 16.2. The molecule has 0 aliphatic carbocycles. The van der Waals surface area contributed by atoms with Crippen molar-refractivity contribution in [2.75, 3.05) is 43.1 Å². The van der Waals surface area contributed by atoms with E-state index in [9.17, 15) is 4.79 Å². The van der Waals surface area contributed by atoms with Gasteiger partial charge in [0, 0.05) is 38.9 Å². The Bertz CT molecular complexity index is 865. The number of aromatic nitrogens is 2. The molecule has 2 aliphatic rings. The second-order valence-electron chi connectivity index (χ2n) is 7.60. The maximum atomic E-state index is 12.2. The molecule has 1 N–H and O–H groups in total. The van der Waals surface area contributed by atoms with E-state index in [0.717, 1.165) is 44.0 Å². The number of nitrogens with one attached hydrogen (secondary N) is 1. The summed E-state index contributed by atoms with van der Waals surface area (Å²) in [6.07, 6.45) is 3.71. The highest BCUT2D eigenvalue weighted by molar-refractivity contribution is 6.32. The molecule has 0 spiro atoms. The first kappa shape index (κ1) is 18.1. The Balaban J connectivity index is 1.44. The van der Waals surface area contributed by atoms with Gasteiger partial charge in [0.1, 0.15) is 19.4 Å². The first-order valence-electron chi connectivity index (χ1n) is 9.50. The van der Waals surface area contributed by atoms with Crippen LogP contribution in [0.1, 0.15) is 6.92 Å². The number of nitrogens with zero attached hydrogens (tertiary/aromatic N) is 4. The van der Waals surface area contributed by atoms with E-state index in [1.54, 1.807) is 11.6 Å². The molecule has 1 atom stereocenters. The predicted molar refractivity (Wildman–Crippen MR) is 110 cm³/mol. The highest BCUT2D eigenvalue weighted by atomic mass is 16.5. The summed E-state index contributed by atoms with van der Waals surface area (Å²) in [5.41, 5.74) is 2.63. The van der Waals surface area contributed by atoms with Crippen molar-refractivity contribution >= 4 is 30.5 Å². The Morgan fingerprint density at radius 3 is 2.74 bits per heavy atom. The molecule has 142 valence electrons. The van der Waals surface area contributed by atoms with Gasteiger partial charge in [0.25, 0.3) is 5.56 Å². The fourth-order valence-corrected chi connectivity index (χ4v) is 3.87. The molecule has 7 nitrogen and oxygen atoms in total. The minimum Gasteiger partial charge on any atom is -0.378 e. The van der Waals surface area contributed by atoms with Crippen LogP contribution in [0, 0.1) is 0 Å². The summed E-state index contributed by atoms with van der Waals surface area (Å²) in [6, 6.07) is 6.90. The first-order chi connectivity index (χ1) is 13.0. The van der Waals surface area contributed by atoms with Crippen LogP contribution in [0.25, 0.3) is 0 Å². The zero-order chi connectivity index (χ0) is 19.0. The Kier molecular flexibility index (Phi) is 4.93. The third-order valence-electron chi connectivity index (χ3n) is 5.46. The molecular formula is C19H26BN5O2. The van der Waals surface area contributed by atoms with Crippen LogP contribution in [0.4, 0.5) is 17.2 Å². The number of ether oxygens (including phenoxy) is 1. The standard InChI is InChI=1S/C19H26BN5O2/c1-13-9-24(16-11-27-12-16)5-6-25(13)15-3-4-18(21-8-15)22-17-7-14(20)10-23(2)19(17)26/h3-4,7-8,10,13,16H,5-6,9,11-12,20H2,1-2H3,(H,21,22)/t13-/m0/s1. The summed E-state index contributed by atoms with van der Waals surface area (Å²) in [6.45, 7) is 7.09. The minimum atomic E-state index is -0.0591. The van der Waals surface area contributed by atoms with Crippen LogP contribution in [0.2, 0.25) is 0 Å². The maximum Gasteiger partial charge on any atom is 0.273 e. The number of aryl methyl sites for hydroxylation is 1. The van der Waals surface area contributed by atoms with Crippen LogP contribution in [0.5, 0.6) is 0 Å². The molecule has 0 bridgehead atoms. The summed E-state index contributed by atoms with van der Waals surface area (Å²) < 4.78 is 6.91. The van der Waals surface area contributed by atoms with Crippen LogP contribution >= 0.6 is 0 Å². The van der Waals surface area contributed by atoms with Crippen molar-refractivity contribution in [3.05, 3.63) is 40.9 Å². The second kappa shape index (κ2) is 7.36. The van der Waals surface area contributed by atoms with E-state index in [2.05, 4.69) is 33.1 Å². The van der Waals surface area contributed by atoms with Gasteiger partial charge in [-0.2, -0.15) is 0 Å². The van der Waals surface area contributed by atoms with E-state index in [-0.39, 0.29) is 5.56 Å². The highest BCUT2D eigenvalue weighted by Crippen LogP contribution is 2.23. The van der Waals surface area contributed by atoms with Gasteiger partial charge in [-0.1, -0.05) is 5.46 Å². The van der Waals surface area contributed by atoms with Crippen LogP contribution in [-0.4, -0.2) is 67.2 Å². The van der Waals surface area contributed by atoms with Crippen molar-refractivity contribution in [1.29, 1.82) is 0 Å². The lowest BCUT2D eigenvalue weighted by Gasteiger charge is -2.46. The normalized spacial score (nSPS) is 21.1. The largest absolute Gasteiger partial charge is 0.378 e. The monoisotopic (exact) mass is 367 g/mol. The summed E-state index contributed by atoms with van der Waals surface area (Å²) in [5, 5.41) is 3.15. The van der Waals surface area contributed by atoms with Gasteiger partial charge in [0.2, 0.25) is 0 Å². The Labute approximate surface area is 160 Å². The molecule has 0 saturated carbocycles. The smallest absolute Gasteiger partial charge is 0.273 e. The lowest BCUT2D eigenvalue weighted by atomic mass is 9.98. The van der Waals surface area contributed by atoms with Gasteiger partial charge in [-0.25, -0.2) is 4.98 Å². The molecule has 0 aromatic carbocycles. The molecule has 0 amide bonds. The SMILES string of the molecule is Bc1cc(Nc2ccc(N3CCN(C4COC4)C[C@@H]3C)cn2)c(=O)n(C)c1. The number of piperazine rings is 1. The van der Waals surface area contributed by atoms with Crippen molar-refractivity contribution in [3.8, 4) is 0 Å². The average molecular weight is 367 g/mol. The van der Waals surface area contributed by atoms with Gasteiger partial charge in [0.05, 0.1) is 31.1 Å². The van der Waals surface area contributed by atoms with Crippen molar-refractivity contribution in [1.82, 2.24) is 14.5 Å². The van der Waals surface area contributed by atoms with E-state index in [0.29, 0.717) is 23.6 Å². The van der Waals surface area contributed by atoms with Crippen LogP contribution < -0.4 is 21.2 Å². The summed E-state index contributed by atoms with van der Waals surface area (Å²) >= 11 is 0. The zero-order valence-corrected chi connectivity index (χ0v) is 16.2. The number of hydrogen-bond acceptors (Lipinski definition) is 6. The van der Waals surface area contributed by atoms with Crippen molar-refractivity contribution < 1.29 is 4.74 Å². The third kappa shape index (κ3) is 3.72. The van der Waals surface area contributed by atoms with Crippen molar-refractivity contribution in [3.63, 3.8) is 0 Å². The Hall–Kier alpha value is -2.32. The summed E-state index contributed by atoms with van der Waals surface area (Å²) in [7, 11) is 3.73. The molecule has 2 saturated heterocycles. The van der Waals surface area contributed by atoms with E-state index in [1.807, 2.05) is 32.4 Å². The topological polar surface area (TPSA) is 62.6 Å². The van der Waals surface area contributed by atoms with E-state index in [4.69, 9.17) is 4.74 Å². The van der Waals surface area contributed by atoms with E-state index >= 15 is 0 Å². The fourth-order valence-electron chi connectivity index (χ4n) is 3.87. The first-order valence-corrected chi connectivity index (χ1v) is 9.50. The molecule has 0 unspecified atom stereocenters. The molecular weight excluding hydrogens is 341 g/mol. The quantitative estimate of drug-likeness (QED) is 0.749. The summed E-state index contributed by atoms with van der Waals surface area (Å²) in [4.78, 5) is 21.7. The lowest BCUT2D eigenvalue weighted by molar-refractivity contribution is -0.0691. The Morgan fingerprint density at radius 1 is 1.30 bits per heavy atom. The molecule has 2 aliphatic heterocycles. The predicted octanol–water partition coefficient (Wildman–Crippen LogP) is -0.308. The van der Waals surface area contributed by atoms with Gasteiger partial charge < -0.3 is 19.5 Å². The second-order valence-corrected chi connectivity index (χ2v) is 7.60. The number of anilines is 3. The molecule has 4 rings (SSSR count). The van der Waals surface area contributed by atoms with Gasteiger partial charge in [0.15, 0.2) is 0 Å². The highest BCUT2D eigenvalue weighted by Gasteiger charge is 2.32. The van der Waals surface area contributed by atoms with Gasteiger partial charge in [-0.3, -0.25) is 9.69 Å². The Morgan fingerprint density at radius 2 is 2.11 bits per heavy atom. The minimum absolute atomic E-state index is 0.0591. The molecule has 4 heterocycles. The molecule has 2 aromatic rings. The average Bonchev–Trinajstić information content (AvgIpc) is 2.59. The van der Waals surface area contributed by atoms with Crippen LogP contribution in [0.15, 0.2) is 35.4 Å². The van der Waals surface area contributed by atoms with Gasteiger partial charge in [-0.15, -0.1) is 0 Å². The van der Waals surface area contributed by atoms with Crippen LogP contribution in [-0.2, 0) is 11.8 Å². The van der Waals surface area contributed by atoms with Crippen LogP contribution in [0.3, 0.4) is 0 Å². The van der Waals surface area contributed by atoms with Gasteiger partial charge >= 0.3 is 0 Å². The third-order valence-corrected chi connectivity index (χ3v) is 5.46. The molecule has 2 aromatic heterocycles. The van der Waals surface area contributed by atoms with Gasteiger partial charge in [-0.05, 0) is 25.1 Å². The molecule has 27 heavy (non-hydrogen) atoms.